The highest BCUT2D eigenvalue weighted by Gasteiger charge is 2.30. The summed E-state index contributed by atoms with van der Waals surface area (Å²) in [6.07, 6.45) is 43.3. The molecule has 0 saturated heterocycles. The van der Waals surface area contributed by atoms with Gasteiger partial charge in [-0.15, -0.1) is 0 Å². The third-order valence-electron chi connectivity index (χ3n) is 16.7. The van der Waals surface area contributed by atoms with Gasteiger partial charge >= 0.3 is 39.5 Å². The number of ether oxygens (including phenoxy) is 4. The van der Waals surface area contributed by atoms with E-state index in [2.05, 4.69) is 55.4 Å². The lowest BCUT2D eigenvalue weighted by Gasteiger charge is -2.21. The maximum Gasteiger partial charge on any atom is 0.472 e. The fraction of sp³-hybridized carbons (Fsp3) is 0.944. The van der Waals surface area contributed by atoms with Gasteiger partial charge in [0.05, 0.1) is 26.4 Å². The van der Waals surface area contributed by atoms with Gasteiger partial charge in [-0.1, -0.05) is 299 Å². The monoisotopic (exact) mass is 1320 g/mol. The number of esters is 4. The number of carbonyl (C=O) groups excluding carboxylic acids is 4. The molecule has 0 saturated carbocycles. The number of phosphoric ester groups is 2. The topological polar surface area (TPSA) is 237 Å². The fourth-order valence-corrected chi connectivity index (χ4v) is 12.2. The van der Waals surface area contributed by atoms with Gasteiger partial charge in [-0.3, -0.25) is 37.3 Å². The van der Waals surface area contributed by atoms with Crippen LogP contribution in [0.25, 0.3) is 0 Å². The van der Waals surface area contributed by atoms with Crippen molar-refractivity contribution >= 4 is 39.5 Å². The zero-order valence-corrected chi connectivity index (χ0v) is 60.6. The highest BCUT2D eigenvalue weighted by atomic mass is 31.2. The van der Waals surface area contributed by atoms with Crippen LogP contribution in [0.2, 0.25) is 0 Å². The van der Waals surface area contributed by atoms with Crippen LogP contribution in [0.4, 0.5) is 0 Å². The number of hydrogen-bond donors (Lipinski definition) is 3. The Balaban J connectivity index is 5.20. The lowest BCUT2D eigenvalue weighted by molar-refractivity contribution is -0.161. The van der Waals surface area contributed by atoms with Gasteiger partial charge in [0.15, 0.2) is 12.2 Å². The minimum atomic E-state index is -4.95. The summed E-state index contributed by atoms with van der Waals surface area (Å²) in [7, 11) is -9.90. The van der Waals surface area contributed by atoms with E-state index in [9.17, 15) is 43.2 Å². The molecule has 0 rings (SSSR count). The lowest BCUT2D eigenvalue weighted by atomic mass is 9.99. The predicted octanol–water partition coefficient (Wildman–Crippen LogP) is 20.1. The molecule has 0 amide bonds. The van der Waals surface area contributed by atoms with Crippen molar-refractivity contribution in [2.24, 2.45) is 23.7 Å². The van der Waals surface area contributed by atoms with Crippen molar-refractivity contribution < 1.29 is 80.2 Å². The van der Waals surface area contributed by atoms with Crippen molar-refractivity contribution in [2.75, 3.05) is 39.6 Å². The van der Waals surface area contributed by atoms with E-state index in [1.807, 2.05) is 0 Å². The first kappa shape index (κ1) is 88.1. The normalized spacial score (nSPS) is 14.6. The summed E-state index contributed by atoms with van der Waals surface area (Å²) in [5, 5.41) is 10.6. The molecule has 3 N–H and O–H groups in total. The Kier molecular flexibility index (Phi) is 59.4. The van der Waals surface area contributed by atoms with Gasteiger partial charge < -0.3 is 33.8 Å². The summed E-state index contributed by atoms with van der Waals surface area (Å²) >= 11 is 0. The Bertz CT molecular complexity index is 1780. The smallest absolute Gasteiger partial charge is 0.462 e. The average Bonchev–Trinajstić information content (AvgIpc) is 2.72. The number of carbonyl (C=O) groups is 4. The minimum absolute atomic E-state index is 0.105. The van der Waals surface area contributed by atoms with Crippen molar-refractivity contribution in [1.29, 1.82) is 0 Å². The molecule has 0 spiro atoms. The summed E-state index contributed by atoms with van der Waals surface area (Å²) in [5.74, 6) is 0.833. The van der Waals surface area contributed by atoms with Crippen LogP contribution in [-0.2, 0) is 65.4 Å². The first-order valence-corrected chi connectivity index (χ1v) is 39.7. The molecule has 6 atom stereocenters. The maximum atomic E-state index is 13.0. The van der Waals surface area contributed by atoms with Gasteiger partial charge in [0.1, 0.15) is 19.3 Å². The van der Waals surface area contributed by atoms with Crippen molar-refractivity contribution in [3.05, 3.63) is 0 Å². The summed E-state index contributed by atoms with van der Waals surface area (Å²) in [6.45, 7) is 14.0. The quantitative estimate of drug-likeness (QED) is 0.0222. The maximum absolute atomic E-state index is 13.0. The van der Waals surface area contributed by atoms with Gasteiger partial charge in [-0.25, -0.2) is 9.13 Å². The fourth-order valence-electron chi connectivity index (χ4n) is 10.6. The molecular weight excluding hydrogens is 1190 g/mol. The predicted molar refractivity (Wildman–Crippen MR) is 363 cm³/mol. The summed E-state index contributed by atoms with van der Waals surface area (Å²) < 4.78 is 68.2. The van der Waals surface area contributed by atoms with Crippen LogP contribution in [0.15, 0.2) is 0 Å². The Morgan fingerprint density at radius 2 is 0.533 bits per heavy atom. The molecule has 0 aromatic heterocycles. The molecule has 0 aliphatic carbocycles. The second-order valence-electron chi connectivity index (χ2n) is 27.3. The molecule has 0 aliphatic heterocycles. The van der Waals surface area contributed by atoms with Crippen molar-refractivity contribution in [2.45, 2.75) is 369 Å². The Labute approximate surface area is 549 Å². The first-order valence-electron chi connectivity index (χ1n) is 36.7. The molecule has 0 aromatic rings. The lowest BCUT2D eigenvalue weighted by Crippen LogP contribution is -2.30. The van der Waals surface area contributed by atoms with Gasteiger partial charge in [0, 0.05) is 25.7 Å². The second kappa shape index (κ2) is 60.7. The Hall–Kier alpha value is -1.94. The Morgan fingerprint density at radius 3 is 0.789 bits per heavy atom. The highest BCUT2D eigenvalue weighted by molar-refractivity contribution is 7.47. The van der Waals surface area contributed by atoms with Crippen LogP contribution in [0.3, 0.4) is 0 Å². The van der Waals surface area contributed by atoms with E-state index < -0.39 is 97.5 Å². The number of hydrogen-bond acceptors (Lipinski definition) is 15. The van der Waals surface area contributed by atoms with Gasteiger partial charge in [-0.05, 0) is 49.4 Å². The summed E-state index contributed by atoms with van der Waals surface area (Å²) in [5.41, 5.74) is 0. The molecule has 0 aliphatic rings. The van der Waals surface area contributed by atoms with Crippen LogP contribution in [0.5, 0.6) is 0 Å². The van der Waals surface area contributed by atoms with Crippen molar-refractivity contribution in [1.82, 2.24) is 0 Å². The highest BCUT2D eigenvalue weighted by Crippen LogP contribution is 2.45. The van der Waals surface area contributed by atoms with Crippen LogP contribution >= 0.6 is 15.6 Å². The molecule has 0 fully saturated rings. The molecule has 19 heteroatoms. The third kappa shape index (κ3) is 63.5. The van der Waals surface area contributed by atoms with E-state index >= 15 is 0 Å². The molecule has 4 unspecified atom stereocenters. The second-order valence-corrected chi connectivity index (χ2v) is 30.2. The standard InChI is InChI=1S/C71H138O17P2/c1-9-64(8)50-42-34-24-20-17-18-22-26-38-46-54-71(76)88-67(58-82-69(74)52-44-36-30-28-33-41-49-63(6)7)60-86-90(79,80)84-56-65(72)55-83-89(77,78)85-59-66(57-81-68(73)51-43-35-29-27-32-40-48-62(4)5)87-70(75)53-45-37-25-21-16-14-12-10-11-13-15-19-23-31-39-47-61(2)3/h61-67,72H,9-60H2,1-8H3,(H,77,78)(H,79,80)/t64?,65?,66-,67-/m1/s1. The molecule has 0 radical (unpaired) electrons. The number of rotatable bonds is 68. The van der Waals surface area contributed by atoms with E-state index in [0.717, 1.165) is 115 Å². The average molecular weight is 1330 g/mol. The van der Waals surface area contributed by atoms with Crippen LogP contribution in [0, 0.1) is 23.7 Å². The summed E-state index contributed by atoms with van der Waals surface area (Å²) in [4.78, 5) is 72.5. The van der Waals surface area contributed by atoms with E-state index in [4.69, 9.17) is 37.0 Å². The third-order valence-corrected chi connectivity index (χ3v) is 18.6. The molecule has 0 aromatic carbocycles. The number of aliphatic hydroxyl groups is 1. The minimum Gasteiger partial charge on any atom is -0.462 e. The SMILES string of the molecule is CCC(C)CCCCCCCCCCCCC(=O)O[C@H](COC(=O)CCCCCCCCC(C)C)COP(=O)(O)OCC(O)COP(=O)(O)OC[C@@H](COC(=O)CCCCCCCCC(C)C)OC(=O)CCCCCCCCCCCCCCCCCC(C)C. The van der Waals surface area contributed by atoms with Crippen molar-refractivity contribution in [3.8, 4) is 0 Å². The van der Waals surface area contributed by atoms with Gasteiger partial charge in [0.2, 0.25) is 0 Å². The zero-order valence-electron chi connectivity index (χ0n) is 58.8. The molecule has 90 heavy (non-hydrogen) atoms. The molecule has 0 heterocycles. The van der Waals surface area contributed by atoms with Crippen LogP contribution in [-0.4, -0.2) is 96.7 Å². The number of unbranched alkanes of at least 4 members (excludes halogenated alkanes) is 33. The van der Waals surface area contributed by atoms with Gasteiger partial charge in [-0.2, -0.15) is 0 Å². The zero-order chi connectivity index (χ0) is 66.8. The first-order chi connectivity index (χ1) is 43.1. The largest absolute Gasteiger partial charge is 0.472 e. The van der Waals surface area contributed by atoms with Crippen LogP contribution < -0.4 is 0 Å². The van der Waals surface area contributed by atoms with Crippen LogP contribution in [0.1, 0.15) is 351 Å². The summed E-state index contributed by atoms with van der Waals surface area (Å²) in [6, 6.07) is 0. The van der Waals surface area contributed by atoms with E-state index in [1.165, 1.54) is 141 Å². The number of aliphatic hydroxyl groups excluding tert-OH is 1. The molecule has 0 bridgehead atoms. The number of phosphoric acid groups is 2. The molecule has 17 nitrogen and oxygen atoms in total. The van der Waals surface area contributed by atoms with E-state index in [1.54, 1.807) is 0 Å². The van der Waals surface area contributed by atoms with Crippen molar-refractivity contribution in [3.63, 3.8) is 0 Å². The van der Waals surface area contributed by atoms with E-state index in [0.29, 0.717) is 37.5 Å². The molecule has 534 valence electrons. The van der Waals surface area contributed by atoms with Gasteiger partial charge in [0.25, 0.3) is 0 Å². The Morgan fingerprint density at radius 1 is 0.311 bits per heavy atom. The molecular formula is C71H138O17P2. The van der Waals surface area contributed by atoms with E-state index in [-0.39, 0.29) is 25.7 Å².